The Morgan fingerprint density at radius 1 is 1.47 bits per heavy atom. The predicted molar refractivity (Wildman–Crippen MR) is 51.1 cm³/mol. The number of H-pyrrole nitrogens is 1. The second-order valence-corrected chi connectivity index (χ2v) is 3.60. The van der Waals surface area contributed by atoms with Crippen LogP contribution in [0.2, 0.25) is 0 Å². The first-order valence-corrected chi connectivity index (χ1v) is 4.71. The smallest absolute Gasteiger partial charge is 0.307 e. The summed E-state index contributed by atoms with van der Waals surface area (Å²) in [6, 6.07) is 0. The largest absolute Gasteiger partial charge is 0.481 e. The molecule has 1 fully saturated rings. The lowest BCUT2D eigenvalue weighted by Crippen LogP contribution is -2.40. The Morgan fingerprint density at radius 2 is 2.20 bits per heavy atom. The molecule has 0 spiro atoms. The van der Waals surface area contributed by atoms with Crippen LogP contribution in [-0.2, 0) is 9.59 Å². The number of aliphatic carboxylic acids is 1. The van der Waals surface area contributed by atoms with Crippen LogP contribution in [0.3, 0.4) is 0 Å². The molecule has 2 atom stereocenters. The summed E-state index contributed by atoms with van der Waals surface area (Å²) < 4.78 is 0. The molecule has 1 aliphatic rings. The Bertz CT molecular complexity index is 374. The van der Waals surface area contributed by atoms with E-state index in [2.05, 4.69) is 15.5 Å². The van der Waals surface area contributed by atoms with E-state index in [1.807, 2.05) is 0 Å². The van der Waals surface area contributed by atoms with E-state index in [0.29, 0.717) is 18.5 Å². The van der Waals surface area contributed by atoms with Gasteiger partial charge in [-0.1, -0.05) is 0 Å². The van der Waals surface area contributed by atoms with Gasteiger partial charge in [-0.3, -0.25) is 14.7 Å². The topological polar surface area (TPSA) is 95.1 Å². The molecule has 1 amide bonds. The van der Waals surface area contributed by atoms with E-state index in [4.69, 9.17) is 5.11 Å². The van der Waals surface area contributed by atoms with Crippen LogP contribution in [0.15, 0.2) is 12.4 Å². The lowest BCUT2D eigenvalue weighted by molar-refractivity contribution is -0.151. The highest BCUT2D eigenvalue weighted by Gasteiger charge is 2.41. The molecule has 0 aliphatic heterocycles. The summed E-state index contributed by atoms with van der Waals surface area (Å²) in [6.45, 7) is 0. The Hall–Kier alpha value is -1.85. The first-order chi connectivity index (χ1) is 7.18. The monoisotopic (exact) mass is 209 g/mol. The molecule has 6 nitrogen and oxygen atoms in total. The van der Waals surface area contributed by atoms with Crippen molar-refractivity contribution in [2.75, 3.05) is 5.32 Å². The molecule has 2 unspecified atom stereocenters. The third kappa shape index (κ3) is 1.83. The van der Waals surface area contributed by atoms with Gasteiger partial charge in [0.1, 0.15) is 0 Å². The summed E-state index contributed by atoms with van der Waals surface area (Å²) in [7, 11) is 0. The van der Waals surface area contributed by atoms with Crippen LogP contribution in [0.4, 0.5) is 5.69 Å². The van der Waals surface area contributed by atoms with Crippen LogP contribution in [0.5, 0.6) is 0 Å². The molecule has 80 valence electrons. The van der Waals surface area contributed by atoms with Gasteiger partial charge in [0.15, 0.2) is 0 Å². The maximum absolute atomic E-state index is 11.6. The van der Waals surface area contributed by atoms with E-state index in [1.54, 1.807) is 6.20 Å². The van der Waals surface area contributed by atoms with Crippen LogP contribution in [0, 0.1) is 11.8 Å². The molecular weight excluding hydrogens is 198 g/mol. The number of carbonyl (C=O) groups is 2. The fourth-order valence-corrected chi connectivity index (χ4v) is 1.66. The van der Waals surface area contributed by atoms with Gasteiger partial charge in [0.25, 0.3) is 0 Å². The zero-order valence-corrected chi connectivity index (χ0v) is 7.93. The van der Waals surface area contributed by atoms with Crippen molar-refractivity contribution in [2.24, 2.45) is 11.8 Å². The van der Waals surface area contributed by atoms with Crippen molar-refractivity contribution >= 4 is 17.6 Å². The summed E-state index contributed by atoms with van der Waals surface area (Å²) in [6.07, 6.45) is 4.25. The number of nitrogens with zero attached hydrogens (tertiary/aromatic N) is 1. The maximum atomic E-state index is 11.6. The van der Waals surface area contributed by atoms with Crippen molar-refractivity contribution in [3.63, 3.8) is 0 Å². The molecule has 3 N–H and O–H groups in total. The summed E-state index contributed by atoms with van der Waals surface area (Å²) in [5.74, 6) is -2.07. The van der Waals surface area contributed by atoms with Gasteiger partial charge in [-0.15, -0.1) is 0 Å². The number of carboxylic acids is 1. The van der Waals surface area contributed by atoms with Crippen molar-refractivity contribution < 1.29 is 14.7 Å². The first kappa shape index (κ1) is 9.70. The minimum absolute atomic E-state index is 0.241. The van der Waals surface area contributed by atoms with Crippen molar-refractivity contribution in [3.05, 3.63) is 12.4 Å². The lowest BCUT2D eigenvalue weighted by atomic mass is 9.73. The number of carboxylic acid groups (broad SMARTS) is 1. The minimum atomic E-state index is -0.895. The fraction of sp³-hybridized carbons (Fsp3) is 0.444. The molecule has 6 heteroatoms. The fourth-order valence-electron chi connectivity index (χ4n) is 1.66. The molecule has 0 aromatic carbocycles. The van der Waals surface area contributed by atoms with E-state index < -0.39 is 17.8 Å². The molecular formula is C9H11N3O3. The minimum Gasteiger partial charge on any atom is -0.481 e. The Balaban J connectivity index is 1.95. The zero-order chi connectivity index (χ0) is 10.8. The lowest BCUT2D eigenvalue weighted by Gasteiger charge is -2.31. The quantitative estimate of drug-likeness (QED) is 0.673. The number of aromatic nitrogens is 2. The third-order valence-corrected chi connectivity index (χ3v) is 2.69. The van der Waals surface area contributed by atoms with Crippen molar-refractivity contribution in [2.45, 2.75) is 12.8 Å². The summed E-state index contributed by atoms with van der Waals surface area (Å²) in [4.78, 5) is 22.3. The number of aromatic amines is 1. The second kappa shape index (κ2) is 3.72. The van der Waals surface area contributed by atoms with Gasteiger partial charge in [0.2, 0.25) is 5.91 Å². The number of amides is 1. The molecule has 1 saturated carbocycles. The number of anilines is 1. The van der Waals surface area contributed by atoms with E-state index in [1.165, 1.54) is 6.20 Å². The molecule has 1 heterocycles. The maximum Gasteiger partial charge on any atom is 0.307 e. The van der Waals surface area contributed by atoms with Crippen molar-refractivity contribution in [1.82, 2.24) is 10.2 Å². The molecule has 0 bridgehead atoms. The van der Waals surface area contributed by atoms with Crippen LogP contribution in [0.25, 0.3) is 0 Å². The third-order valence-electron chi connectivity index (χ3n) is 2.69. The SMILES string of the molecule is O=C(O)C1CCC1C(=O)Nc1cn[nH]c1. The van der Waals surface area contributed by atoms with Crippen LogP contribution in [0.1, 0.15) is 12.8 Å². The summed E-state index contributed by atoms with van der Waals surface area (Å²) >= 11 is 0. The van der Waals surface area contributed by atoms with E-state index in [9.17, 15) is 9.59 Å². The average Bonchev–Trinajstić information content (AvgIpc) is 2.52. The molecule has 15 heavy (non-hydrogen) atoms. The molecule has 1 aromatic rings. The first-order valence-electron chi connectivity index (χ1n) is 4.71. The Morgan fingerprint density at radius 3 is 2.67 bits per heavy atom. The normalized spacial score (nSPS) is 24.3. The average molecular weight is 209 g/mol. The van der Waals surface area contributed by atoms with Gasteiger partial charge in [-0.25, -0.2) is 0 Å². The van der Waals surface area contributed by atoms with Gasteiger partial charge in [0.05, 0.1) is 23.7 Å². The van der Waals surface area contributed by atoms with E-state index >= 15 is 0 Å². The summed E-state index contributed by atoms with van der Waals surface area (Å²) in [5.41, 5.74) is 0.566. The van der Waals surface area contributed by atoms with Crippen LogP contribution < -0.4 is 5.32 Å². The van der Waals surface area contributed by atoms with Gasteiger partial charge in [-0.2, -0.15) is 5.10 Å². The van der Waals surface area contributed by atoms with Crippen molar-refractivity contribution in [1.29, 1.82) is 0 Å². The van der Waals surface area contributed by atoms with Gasteiger partial charge in [-0.05, 0) is 12.8 Å². The summed E-state index contributed by atoms with van der Waals surface area (Å²) in [5, 5.41) is 17.6. The van der Waals surface area contributed by atoms with E-state index in [0.717, 1.165) is 0 Å². The molecule has 2 rings (SSSR count). The van der Waals surface area contributed by atoms with Crippen LogP contribution in [-0.4, -0.2) is 27.2 Å². The van der Waals surface area contributed by atoms with Gasteiger partial charge >= 0.3 is 5.97 Å². The van der Waals surface area contributed by atoms with Crippen molar-refractivity contribution in [3.8, 4) is 0 Å². The number of hydrogen-bond acceptors (Lipinski definition) is 3. The second-order valence-electron chi connectivity index (χ2n) is 3.60. The molecule has 0 saturated heterocycles. The number of carbonyl (C=O) groups excluding carboxylic acids is 1. The number of hydrogen-bond donors (Lipinski definition) is 3. The van der Waals surface area contributed by atoms with Gasteiger partial charge in [0, 0.05) is 6.20 Å². The predicted octanol–water partition coefficient (Wildman–Crippen LogP) is 0.459. The molecule has 0 radical (unpaired) electrons. The Kier molecular flexibility index (Phi) is 2.40. The zero-order valence-electron chi connectivity index (χ0n) is 7.93. The highest BCUT2D eigenvalue weighted by Crippen LogP contribution is 2.35. The number of rotatable bonds is 3. The standard InChI is InChI=1S/C9H11N3O3/c13-8(12-5-3-10-11-4-5)6-1-2-7(6)9(14)15/h3-4,6-7H,1-2H2,(H,10,11)(H,12,13)(H,14,15). The number of nitrogens with one attached hydrogen (secondary N) is 2. The highest BCUT2D eigenvalue weighted by atomic mass is 16.4. The van der Waals surface area contributed by atoms with Gasteiger partial charge < -0.3 is 10.4 Å². The molecule has 1 aliphatic carbocycles. The van der Waals surface area contributed by atoms with E-state index in [-0.39, 0.29) is 5.91 Å². The molecule has 1 aromatic heterocycles. The Labute approximate surface area is 85.7 Å². The van der Waals surface area contributed by atoms with Crippen LogP contribution >= 0.6 is 0 Å². The highest BCUT2D eigenvalue weighted by molar-refractivity contribution is 5.95.